The highest BCUT2D eigenvalue weighted by atomic mass is 32.2. The molecule has 2 aromatic rings. The molecule has 21 heavy (non-hydrogen) atoms. The van der Waals surface area contributed by atoms with Crippen molar-refractivity contribution < 1.29 is 23.4 Å². The first-order valence-electron chi connectivity index (χ1n) is 5.85. The Balaban J connectivity index is 2.55. The average molecular weight is 327 g/mol. The number of aromatic hydroxyl groups is 1. The topological polar surface area (TPSA) is 104 Å². The van der Waals surface area contributed by atoms with Crippen LogP contribution in [0.4, 0.5) is 5.69 Å². The van der Waals surface area contributed by atoms with E-state index in [2.05, 4.69) is 4.72 Å². The zero-order valence-electron chi connectivity index (χ0n) is 11.2. The molecule has 2 rings (SSSR count). The van der Waals surface area contributed by atoms with Gasteiger partial charge in [-0.3, -0.25) is 4.72 Å². The molecule has 1 aromatic carbocycles. The molecule has 0 spiro atoms. The van der Waals surface area contributed by atoms with Crippen LogP contribution in [0.15, 0.2) is 27.8 Å². The van der Waals surface area contributed by atoms with Gasteiger partial charge in [-0.15, -0.1) is 11.3 Å². The summed E-state index contributed by atoms with van der Waals surface area (Å²) in [4.78, 5) is 10.6. The zero-order chi connectivity index (χ0) is 15.8. The van der Waals surface area contributed by atoms with Gasteiger partial charge in [0, 0.05) is 5.38 Å². The number of hydrogen-bond acceptors (Lipinski definition) is 5. The van der Waals surface area contributed by atoms with Gasteiger partial charge >= 0.3 is 5.97 Å². The van der Waals surface area contributed by atoms with E-state index in [4.69, 9.17) is 5.11 Å². The minimum Gasteiger partial charge on any atom is -0.506 e. The van der Waals surface area contributed by atoms with Crippen molar-refractivity contribution in [3.8, 4) is 5.75 Å². The number of carbonyl (C=O) groups is 1. The van der Waals surface area contributed by atoms with Gasteiger partial charge in [-0.05, 0) is 42.5 Å². The number of rotatable bonds is 4. The molecule has 0 fully saturated rings. The van der Waals surface area contributed by atoms with Crippen molar-refractivity contribution in [3.05, 3.63) is 39.6 Å². The first kappa shape index (κ1) is 15.3. The van der Waals surface area contributed by atoms with Gasteiger partial charge in [0.05, 0.1) is 5.69 Å². The van der Waals surface area contributed by atoms with E-state index in [1.54, 1.807) is 24.6 Å². The maximum atomic E-state index is 12.3. The van der Waals surface area contributed by atoms with Gasteiger partial charge in [0.25, 0.3) is 10.0 Å². The first-order chi connectivity index (χ1) is 9.72. The predicted octanol–water partition coefficient (Wildman–Crippen LogP) is 2.57. The molecule has 0 radical (unpaired) electrons. The van der Waals surface area contributed by atoms with Crippen molar-refractivity contribution in [1.29, 1.82) is 0 Å². The molecular formula is C13H13NO5S2. The number of nitrogens with one attached hydrogen (secondary N) is 1. The second kappa shape index (κ2) is 5.38. The van der Waals surface area contributed by atoms with Crippen LogP contribution in [0.5, 0.6) is 5.75 Å². The van der Waals surface area contributed by atoms with E-state index in [0.717, 1.165) is 5.56 Å². The number of carboxylic acids is 1. The van der Waals surface area contributed by atoms with Crippen LogP contribution in [-0.2, 0) is 10.0 Å². The molecule has 8 heteroatoms. The average Bonchev–Trinajstić information content (AvgIpc) is 2.76. The van der Waals surface area contributed by atoms with E-state index in [9.17, 15) is 18.3 Å². The molecule has 1 heterocycles. The molecule has 0 aliphatic heterocycles. The van der Waals surface area contributed by atoms with Crippen molar-refractivity contribution in [2.24, 2.45) is 0 Å². The number of aryl methyl sites for hydroxylation is 2. The van der Waals surface area contributed by atoms with Gasteiger partial charge in [-0.1, -0.05) is 0 Å². The SMILES string of the molecule is Cc1cc(C(=O)O)c(O)c(S(=O)(=O)Nc2cscc2C)c1. The second-order valence-electron chi connectivity index (χ2n) is 4.54. The van der Waals surface area contributed by atoms with Crippen LogP contribution in [0.25, 0.3) is 0 Å². The summed E-state index contributed by atoms with van der Waals surface area (Å²) in [5.41, 5.74) is 1.12. The van der Waals surface area contributed by atoms with Crippen LogP contribution in [0.3, 0.4) is 0 Å². The molecule has 0 bridgehead atoms. The van der Waals surface area contributed by atoms with Crippen LogP contribution in [0, 0.1) is 13.8 Å². The van der Waals surface area contributed by atoms with Crippen LogP contribution in [0.1, 0.15) is 21.5 Å². The molecule has 112 valence electrons. The lowest BCUT2D eigenvalue weighted by atomic mass is 10.1. The van der Waals surface area contributed by atoms with Crippen molar-refractivity contribution in [2.75, 3.05) is 4.72 Å². The Hall–Kier alpha value is -2.06. The summed E-state index contributed by atoms with van der Waals surface area (Å²) in [7, 11) is -4.07. The molecule has 3 N–H and O–H groups in total. The molecule has 0 unspecified atom stereocenters. The van der Waals surface area contributed by atoms with Gasteiger partial charge in [0.2, 0.25) is 0 Å². The highest BCUT2D eigenvalue weighted by Gasteiger charge is 2.24. The molecule has 0 saturated carbocycles. The van der Waals surface area contributed by atoms with Crippen LogP contribution in [-0.4, -0.2) is 24.6 Å². The highest BCUT2D eigenvalue weighted by Crippen LogP contribution is 2.31. The Morgan fingerprint density at radius 2 is 1.90 bits per heavy atom. The molecule has 0 amide bonds. The lowest BCUT2D eigenvalue weighted by molar-refractivity contribution is 0.0693. The fraction of sp³-hybridized carbons (Fsp3) is 0.154. The summed E-state index contributed by atoms with van der Waals surface area (Å²) >= 11 is 1.33. The highest BCUT2D eigenvalue weighted by molar-refractivity contribution is 7.92. The van der Waals surface area contributed by atoms with Crippen molar-refractivity contribution in [1.82, 2.24) is 0 Å². The number of anilines is 1. The fourth-order valence-electron chi connectivity index (χ4n) is 1.78. The summed E-state index contributed by atoms with van der Waals surface area (Å²) in [6.07, 6.45) is 0. The number of hydrogen-bond donors (Lipinski definition) is 3. The molecule has 0 aliphatic carbocycles. The Labute approximate surface area is 125 Å². The third-order valence-electron chi connectivity index (χ3n) is 2.84. The van der Waals surface area contributed by atoms with E-state index in [-0.39, 0.29) is 0 Å². The Kier molecular flexibility index (Phi) is 3.93. The van der Waals surface area contributed by atoms with E-state index in [0.29, 0.717) is 11.3 Å². The van der Waals surface area contributed by atoms with Crippen LogP contribution >= 0.6 is 11.3 Å². The summed E-state index contributed by atoms with van der Waals surface area (Å²) in [6, 6.07) is 2.44. The maximum absolute atomic E-state index is 12.3. The second-order valence-corrected chi connectivity index (χ2v) is 6.93. The molecule has 6 nitrogen and oxygen atoms in total. The van der Waals surface area contributed by atoms with E-state index in [1.165, 1.54) is 23.5 Å². The summed E-state index contributed by atoms with van der Waals surface area (Å²) in [6.45, 7) is 3.30. The third-order valence-corrected chi connectivity index (χ3v) is 5.08. The smallest absolute Gasteiger partial charge is 0.339 e. The number of sulfonamides is 1. The Bertz CT molecular complexity index is 808. The minimum absolute atomic E-state index is 0.401. The van der Waals surface area contributed by atoms with Crippen molar-refractivity contribution in [2.45, 2.75) is 18.7 Å². The van der Waals surface area contributed by atoms with Crippen molar-refractivity contribution in [3.63, 3.8) is 0 Å². The maximum Gasteiger partial charge on any atom is 0.339 e. The lowest BCUT2D eigenvalue weighted by Crippen LogP contribution is -2.14. The standard InChI is InChI=1S/C13H13NO5S2/c1-7-3-9(13(16)17)12(15)11(4-7)21(18,19)14-10-6-20-5-8(10)2/h3-6,14-15H,1-2H3,(H,16,17). The molecule has 0 aliphatic rings. The lowest BCUT2D eigenvalue weighted by Gasteiger charge is -2.11. The molecule has 0 atom stereocenters. The summed E-state index contributed by atoms with van der Waals surface area (Å²) in [5.74, 6) is -2.16. The van der Waals surface area contributed by atoms with Gasteiger partial charge in [-0.25, -0.2) is 13.2 Å². The van der Waals surface area contributed by atoms with Gasteiger partial charge in [-0.2, -0.15) is 0 Å². The van der Waals surface area contributed by atoms with Crippen LogP contribution < -0.4 is 4.72 Å². The Morgan fingerprint density at radius 1 is 1.24 bits per heavy atom. The number of phenols is 1. The van der Waals surface area contributed by atoms with E-state index in [1.807, 2.05) is 0 Å². The van der Waals surface area contributed by atoms with Crippen molar-refractivity contribution >= 4 is 33.0 Å². The number of benzene rings is 1. The van der Waals surface area contributed by atoms with Gasteiger partial charge in [0.15, 0.2) is 5.75 Å². The summed E-state index contributed by atoms with van der Waals surface area (Å²) < 4.78 is 27.0. The number of aromatic carboxylic acids is 1. The third kappa shape index (κ3) is 3.01. The quantitative estimate of drug-likeness (QED) is 0.800. The first-order valence-corrected chi connectivity index (χ1v) is 8.27. The predicted molar refractivity (Wildman–Crippen MR) is 79.7 cm³/mol. The fourth-order valence-corrected chi connectivity index (χ4v) is 3.96. The normalized spacial score (nSPS) is 11.3. The minimum atomic E-state index is -4.07. The molecular weight excluding hydrogens is 314 g/mol. The van der Waals surface area contributed by atoms with Gasteiger partial charge < -0.3 is 10.2 Å². The monoisotopic (exact) mass is 327 g/mol. The molecule has 0 saturated heterocycles. The van der Waals surface area contributed by atoms with Crippen LogP contribution in [0.2, 0.25) is 0 Å². The van der Waals surface area contributed by atoms with E-state index >= 15 is 0 Å². The van der Waals surface area contributed by atoms with Gasteiger partial charge in [0.1, 0.15) is 10.5 Å². The zero-order valence-corrected chi connectivity index (χ0v) is 12.9. The largest absolute Gasteiger partial charge is 0.506 e. The number of carboxylic acid groups (broad SMARTS) is 1. The van der Waals surface area contributed by atoms with E-state index < -0.39 is 32.2 Å². The number of thiophene rings is 1. The summed E-state index contributed by atoms with van der Waals surface area (Å²) in [5, 5.41) is 22.3. The molecule has 1 aromatic heterocycles. The Morgan fingerprint density at radius 3 is 2.43 bits per heavy atom.